The number of carbonyl (C=O) groups excluding carboxylic acids is 2. The number of nitrogens with one attached hydrogen (secondary N) is 2. The standard InChI is InChI=1S/C23H32N3O4P/c1-2-3-4-11-16-25-23(28)26-22(17-21(24)27)31(29,18-19-12-7-5-8-13-19)30-20-14-9-6-10-15-20/h5-10,12-15,22H,2-4,11,16-18H2,1H3,(H2,24,27)(H2,25,26,28)/t22-,31?/m0/s1. The molecule has 0 aromatic heterocycles. The van der Waals surface area contributed by atoms with E-state index < -0.39 is 25.1 Å². The summed E-state index contributed by atoms with van der Waals surface area (Å²) in [5.41, 5.74) is 6.20. The first-order chi connectivity index (χ1) is 14.9. The third-order valence-electron chi connectivity index (χ3n) is 4.73. The molecule has 0 aliphatic rings. The zero-order valence-electron chi connectivity index (χ0n) is 18.0. The number of benzene rings is 2. The van der Waals surface area contributed by atoms with Crippen molar-refractivity contribution >= 4 is 19.3 Å². The molecule has 2 atom stereocenters. The fourth-order valence-electron chi connectivity index (χ4n) is 3.14. The van der Waals surface area contributed by atoms with Crippen LogP contribution in [0.4, 0.5) is 4.79 Å². The SMILES string of the molecule is CCCCCCNC(=O)N[C@H](CC(N)=O)P(=O)(Cc1ccccc1)Oc1ccccc1. The molecule has 168 valence electrons. The molecule has 0 aliphatic heterocycles. The number of primary amides is 1. The van der Waals surface area contributed by atoms with Gasteiger partial charge in [-0.15, -0.1) is 0 Å². The molecule has 0 bridgehead atoms. The lowest BCUT2D eigenvalue weighted by molar-refractivity contribution is -0.118. The molecule has 0 saturated carbocycles. The Kier molecular flexibility index (Phi) is 10.1. The fraction of sp³-hybridized carbons (Fsp3) is 0.391. The van der Waals surface area contributed by atoms with Gasteiger partial charge in [-0.25, -0.2) is 4.79 Å². The highest BCUT2D eigenvalue weighted by Gasteiger charge is 2.38. The van der Waals surface area contributed by atoms with Crippen LogP contribution in [0.25, 0.3) is 0 Å². The van der Waals surface area contributed by atoms with Crippen molar-refractivity contribution in [3.05, 3.63) is 66.2 Å². The van der Waals surface area contributed by atoms with Gasteiger partial charge in [0.05, 0.1) is 12.6 Å². The van der Waals surface area contributed by atoms with Crippen molar-refractivity contribution in [2.75, 3.05) is 6.54 Å². The van der Waals surface area contributed by atoms with E-state index in [1.165, 1.54) is 0 Å². The highest BCUT2D eigenvalue weighted by Crippen LogP contribution is 2.54. The van der Waals surface area contributed by atoms with E-state index in [1.54, 1.807) is 24.3 Å². The van der Waals surface area contributed by atoms with Gasteiger partial charge in [0, 0.05) is 6.54 Å². The Balaban J connectivity index is 2.20. The van der Waals surface area contributed by atoms with Gasteiger partial charge in [-0.2, -0.15) is 0 Å². The Morgan fingerprint density at radius 3 is 2.26 bits per heavy atom. The summed E-state index contributed by atoms with van der Waals surface area (Å²) in [6.45, 7) is 2.61. The van der Waals surface area contributed by atoms with Crippen LogP contribution in [0.5, 0.6) is 5.75 Å². The molecule has 31 heavy (non-hydrogen) atoms. The van der Waals surface area contributed by atoms with E-state index in [2.05, 4.69) is 17.6 Å². The zero-order valence-corrected chi connectivity index (χ0v) is 18.9. The second kappa shape index (κ2) is 12.8. The van der Waals surface area contributed by atoms with Crippen LogP contribution in [0.15, 0.2) is 60.7 Å². The highest BCUT2D eigenvalue weighted by atomic mass is 31.2. The summed E-state index contributed by atoms with van der Waals surface area (Å²) < 4.78 is 20.0. The molecule has 3 amide bonds. The molecule has 0 heterocycles. The molecule has 8 heteroatoms. The summed E-state index contributed by atoms with van der Waals surface area (Å²) in [4.78, 5) is 24.2. The summed E-state index contributed by atoms with van der Waals surface area (Å²) in [7, 11) is -3.60. The summed E-state index contributed by atoms with van der Waals surface area (Å²) in [5, 5.41) is 5.45. The molecule has 2 aromatic rings. The lowest BCUT2D eigenvalue weighted by Crippen LogP contribution is -2.44. The lowest BCUT2D eigenvalue weighted by Gasteiger charge is -2.28. The summed E-state index contributed by atoms with van der Waals surface area (Å²) in [6, 6.07) is 17.4. The molecular formula is C23H32N3O4P. The van der Waals surface area contributed by atoms with E-state index in [0.29, 0.717) is 12.3 Å². The maximum atomic E-state index is 14.1. The minimum Gasteiger partial charge on any atom is -0.441 e. The van der Waals surface area contributed by atoms with E-state index >= 15 is 0 Å². The predicted octanol–water partition coefficient (Wildman–Crippen LogP) is 4.62. The van der Waals surface area contributed by atoms with Crippen LogP contribution in [0.3, 0.4) is 0 Å². The largest absolute Gasteiger partial charge is 0.441 e. The first-order valence-electron chi connectivity index (χ1n) is 10.6. The predicted molar refractivity (Wildman–Crippen MR) is 123 cm³/mol. The normalized spacial score (nSPS) is 13.6. The van der Waals surface area contributed by atoms with Gasteiger partial charge in [0.15, 0.2) is 0 Å². The van der Waals surface area contributed by atoms with Crippen molar-refractivity contribution in [2.24, 2.45) is 5.73 Å². The number of carbonyl (C=O) groups is 2. The Morgan fingerprint density at radius 1 is 1.00 bits per heavy atom. The smallest absolute Gasteiger partial charge is 0.315 e. The average molecular weight is 446 g/mol. The third kappa shape index (κ3) is 8.85. The number of unbranched alkanes of at least 4 members (excludes halogenated alkanes) is 3. The quantitative estimate of drug-likeness (QED) is 0.308. The number of rotatable bonds is 13. The van der Waals surface area contributed by atoms with Crippen molar-refractivity contribution in [1.82, 2.24) is 10.6 Å². The van der Waals surface area contributed by atoms with E-state index in [9.17, 15) is 14.2 Å². The van der Waals surface area contributed by atoms with E-state index in [0.717, 1.165) is 31.2 Å². The number of hydrogen-bond acceptors (Lipinski definition) is 4. The van der Waals surface area contributed by atoms with Crippen LogP contribution >= 0.6 is 7.37 Å². The van der Waals surface area contributed by atoms with Gasteiger partial charge < -0.3 is 20.9 Å². The molecule has 0 fully saturated rings. The first kappa shape index (κ1) is 24.5. The van der Waals surface area contributed by atoms with Crippen LogP contribution in [-0.2, 0) is 15.5 Å². The molecule has 4 N–H and O–H groups in total. The van der Waals surface area contributed by atoms with Gasteiger partial charge in [0.25, 0.3) is 7.37 Å². The van der Waals surface area contributed by atoms with Crippen molar-refractivity contribution in [1.29, 1.82) is 0 Å². The molecule has 0 saturated heterocycles. The zero-order chi connectivity index (χ0) is 22.5. The second-order valence-corrected chi connectivity index (χ2v) is 10.00. The van der Waals surface area contributed by atoms with E-state index in [4.69, 9.17) is 10.3 Å². The summed E-state index contributed by atoms with van der Waals surface area (Å²) in [5.74, 6) is -1.32. The Morgan fingerprint density at radius 2 is 1.65 bits per heavy atom. The Hall–Kier alpha value is -2.79. The minimum absolute atomic E-state index is 0.0530. The van der Waals surface area contributed by atoms with Gasteiger partial charge in [0.1, 0.15) is 11.5 Å². The number of amides is 3. The monoisotopic (exact) mass is 445 g/mol. The van der Waals surface area contributed by atoms with Gasteiger partial charge in [-0.1, -0.05) is 74.7 Å². The van der Waals surface area contributed by atoms with Gasteiger partial charge in [0.2, 0.25) is 5.91 Å². The molecule has 1 unspecified atom stereocenters. The van der Waals surface area contributed by atoms with Crippen molar-refractivity contribution in [2.45, 2.75) is 51.0 Å². The van der Waals surface area contributed by atoms with Crippen molar-refractivity contribution in [3.63, 3.8) is 0 Å². The topological polar surface area (TPSA) is 111 Å². The van der Waals surface area contributed by atoms with Crippen LogP contribution in [-0.4, -0.2) is 24.3 Å². The minimum atomic E-state index is -3.60. The number of nitrogens with two attached hydrogens (primary N) is 1. The molecule has 2 aromatic carbocycles. The molecule has 0 aliphatic carbocycles. The molecule has 2 rings (SSSR count). The molecule has 0 spiro atoms. The maximum Gasteiger partial charge on any atom is 0.315 e. The summed E-state index contributed by atoms with van der Waals surface area (Å²) >= 11 is 0. The van der Waals surface area contributed by atoms with Gasteiger partial charge in [-0.05, 0) is 24.1 Å². The average Bonchev–Trinajstić information content (AvgIpc) is 2.74. The van der Waals surface area contributed by atoms with Gasteiger partial charge in [-0.3, -0.25) is 9.36 Å². The first-order valence-corrected chi connectivity index (χ1v) is 12.5. The second-order valence-electron chi connectivity index (χ2n) is 7.42. The van der Waals surface area contributed by atoms with Crippen LogP contribution in [0, 0.1) is 0 Å². The Bertz CT molecular complexity index is 816. The van der Waals surface area contributed by atoms with E-state index in [-0.39, 0.29) is 12.6 Å². The van der Waals surface area contributed by atoms with Gasteiger partial charge >= 0.3 is 6.03 Å². The number of para-hydroxylation sites is 1. The van der Waals surface area contributed by atoms with E-state index in [1.807, 2.05) is 36.4 Å². The van der Waals surface area contributed by atoms with Crippen molar-refractivity contribution in [3.8, 4) is 5.75 Å². The van der Waals surface area contributed by atoms with Crippen LogP contribution in [0.1, 0.15) is 44.6 Å². The number of hydrogen-bond donors (Lipinski definition) is 3. The molecule has 7 nitrogen and oxygen atoms in total. The maximum absolute atomic E-state index is 14.1. The summed E-state index contributed by atoms with van der Waals surface area (Å²) in [6.07, 6.45) is 3.84. The fourth-order valence-corrected chi connectivity index (χ4v) is 5.52. The number of urea groups is 1. The highest BCUT2D eigenvalue weighted by molar-refractivity contribution is 7.59. The van der Waals surface area contributed by atoms with Crippen molar-refractivity contribution < 1.29 is 18.7 Å². The van der Waals surface area contributed by atoms with Crippen LogP contribution < -0.4 is 20.9 Å². The molecular weight excluding hydrogens is 413 g/mol. The third-order valence-corrected chi connectivity index (χ3v) is 7.32. The van der Waals surface area contributed by atoms with Crippen LogP contribution in [0.2, 0.25) is 0 Å². The molecule has 0 radical (unpaired) electrons. The lowest BCUT2D eigenvalue weighted by atomic mass is 10.2. The Labute approximate surface area is 184 Å².